The van der Waals surface area contributed by atoms with Crippen molar-refractivity contribution >= 4 is 10.0 Å². The van der Waals surface area contributed by atoms with Crippen molar-refractivity contribution in [3.8, 4) is 6.07 Å². The minimum Gasteiger partial charge on any atom is -0.214 e. The molecule has 0 aromatic rings. The molecule has 0 spiro atoms. The molecule has 1 aliphatic rings. The van der Waals surface area contributed by atoms with Gasteiger partial charge < -0.3 is 0 Å². The minimum absolute atomic E-state index is 0.463. The van der Waals surface area contributed by atoms with E-state index in [-0.39, 0.29) is 0 Å². The molecule has 1 rings (SSSR count). The summed E-state index contributed by atoms with van der Waals surface area (Å²) in [6, 6.07) is 1.74. The average Bonchev–Trinajstić information content (AvgIpc) is 2.76. The Morgan fingerprint density at radius 1 is 1.44 bits per heavy atom. The van der Waals surface area contributed by atoms with Crippen LogP contribution in [-0.2, 0) is 10.0 Å². The topological polar surface area (TPSA) is 70.0 Å². The Kier molecular flexibility index (Phi) is 5.23. The van der Waals surface area contributed by atoms with Crippen LogP contribution < -0.4 is 4.72 Å². The van der Waals surface area contributed by atoms with Crippen molar-refractivity contribution in [3.05, 3.63) is 0 Å². The van der Waals surface area contributed by atoms with Crippen LogP contribution in [-0.4, -0.2) is 20.2 Å². The van der Waals surface area contributed by atoms with Crippen molar-refractivity contribution in [1.29, 1.82) is 5.26 Å². The summed E-state index contributed by atoms with van der Waals surface area (Å²) in [5.74, 6) is 0.790. The predicted octanol–water partition coefficient (Wildman–Crippen LogP) is 1.79. The fraction of sp³-hybridized carbons (Fsp3) is 0.909. The maximum Gasteiger partial charge on any atom is 0.227 e. The lowest BCUT2D eigenvalue weighted by atomic mass is 10.0. The molecule has 5 heteroatoms. The number of sulfonamides is 1. The molecule has 1 atom stereocenters. The molecular formula is C11H20N2O2S. The molecule has 0 aliphatic heterocycles. The third-order valence-corrected chi connectivity index (χ3v) is 4.86. The SMILES string of the molecule is CC(C#N)S(=O)(=O)NCCCC1CCCC1. The van der Waals surface area contributed by atoms with Gasteiger partial charge in [0.25, 0.3) is 0 Å². The molecule has 1 aliphatic carbocycles. The van der Waals surface area contributed by atoms with E-state index in [1.807, 2.05) is 0 Å². The zero-order valence-electron chi connectivity index (χ0n) is 9.78. The molecule has 0 amide bonds. The molecule has 4 nitrogen and oxygen atoms in total. The third kappa shape index (κ3) is 4.11. The van der Waals surface area contributed by atoms with Crippen molar-refractivity contribution < 1.29 is 8.42 Å². The maximum absolute atomic E-state index is 11.4. The molecule has 0 heterocycles. The summed E-state index contributed by atoms with van der Waals surface area (Å²) in [5.41, 5.74) is 0. The highest BCUT2D eigenvalue weighted by Gasteiger charge is 2.19. The number of hydrogen-bond donors (Lipinski definition) is 1. The molecule has 1 unspecified atom stereocenters. The standard InChI is InChI=1S/C11H20N2O2S/c1-10(9-12)16(14,15)13-8-4-7-11-5-2-3-6-11/h10-11,13H,2-8H2,1H3. The van der Waals surface area contributed by atoms with Gasteiger partial charge in [-0.25, -0.2) is 13.1 Å². The van der Waals surface area contributed by atoms with Crippen LogP contribution in [0.15, 0.2) is 0 Å². The van der Waals surface area contributed by atoms with E-state index < -0.39 is 15.3 Å². The zero-order chi connectivity index (χ0) is 12.0. The van der Waals surface area contributed by atoms with Gasteiger partial charge in [0.1, 0.15) is 0 Å². The Hall–Kier alpha value is -0.600. The monoisotopic (exact) mass is 244 g/mol. The third-order valence-electron chi connectivity index (χ3n) is 3.21. The smallest absolute Gasteiger partial charge is 0.214 e. The highest BCUT2D eigenvalue weighted by molar-refractivity contribution is 7.90. The van der Waals surface area contributed by atoms with Crippen molar-refractivity contribution in [2.75, 3.05) is 6.54 Å². The summed E-state index contributed by atoms with van der Waals surface area (Å²) >= 11 is 0. The van der Waals surface area contributed by atoms with Gasteiger partial charge in [0.05, 0.1) is 6.07 Å². The molecule has 0 saturated heterocycles. The highest BCUT2D eigenvalue weighted by atomic mass is 32.2. The van der Waals surface area contributed by atoms with E-state index in [1.165, 1.54) is 32.6 Å². The van der Waals surface area contributed by atoms with E-state index in [0.29, 0.717) is 6.54 Å². The quantitative estimate of drug-likeness (QED) is 0.724. The first-order chi connectivity index (χ1) is 7.56. The van der Waals surface area contributed by atoms with Crippen molar-refractivity contribution in [2.45, 2.75) is 50.7 Å². The number of nitriles is 1. The lowest BCUT2D eigenvalue weighted by Gasteiger charge is -2.10. The van der Waals surface area contributed by atoms with E-state index >= 15 is 0 Å². The Labute approximate surface area is 98.1 Å². The molecule has 0 bridgehead atoms. The Morgan fingerprint density at radius 2 is 2.06 bits per heavy atom. The van der Waals surface area contributed by atoms with Crippen LogP contribution in [0.25, 0.3) is 0 Å². The number of nitrogens with zero attached hydrogens (tertiary/aromatic N) is 1. The van der Waals surface area contributed by atoms with Crippen LogP contribution in [0.5, 0.6) is 0 Å². The van der Waals surface area contributed by atoms with Gasteiger partial charge in [0.15, 0.2) is 5.25 Å². The van der Waals surface area contributed by atoms with E-state index in [9.17, 15) is 8.42 Å². The first-order valence-electron chi connectivity index (χ1n) is 5.94. The minimum atomic E-state index is -3.42. The van der Waals surface area contributed by atoms with Crippen LogP contribution in [0.2, 0.25) is 0 Å². The Morgan fingerprint density at radius 3 is 2.62 bits per heavy atom. The Balaban J connectivity index is 2.17. The molecule has 1 fully saturated rings. The van der Waals surface area contributed by atoms with Gasteiger partial charge in [-0.1, -0.05) is 25.7 Å². The fourth-order valence-electron chi connectivity index (χ4n) is 2.10. The summed E-state index contributed by atoms with van der Waals surface area (Å²) in [6.07, 6.45) is 7.21. The molecule has 16 heavy (non-hydrogen) atoms. The highest BCUT2D eigenvalue weighted by Crippen LogP contribution is 2.28. The number of hydrogen-bond acceptors (Lipinski definition) is 3. The second kappa shape index (κ2) is 6.21. The van der Waals surface area contributed by atoms with Gasteiger partial charge in [-0.2, -0.15) is 5.26 Å². The van der Waals surface area contributed by atoms with E-state index in [4.69, 9.17) is 5.26 Å². The van der Waals surface area contributed by atoms with Gasteiger partial charge in [-0.15, -0.1) is 0 Å². The largest absolute Gasteiger partial charge is 0.227 e. The van der Waals surface area contributed by atoms with Crippen molar-refractivity contribution in [1.82, 2.24) is 4.72 Å². The second-order valence-corrected chi connectivity index (χ2v) is 6.59. The van der Waals surface area contributed by atoms with Gasteiger partial charge in [0, 0.05) is 6.54 Å². The van der Waals surface area contributed by atoms with Crippen LogP contribution in [0, 0.1) is 17.2 Å². The summed E-state index contributed by atoms with van der Waals surface area (Å²) in [4.78, 5) is 0. The van der Waals surface area contributed by atoms with Crippen LogP contribution in [0.4, 0.5) is 0 Å². The zero-order valence-corrected chi connectivity index (χ0v) is 10.6. The van der Waals surface area contributed by atoms with Gasteiger partial charge in [-0.3, -0.25) is 0 Å². The summed E-state index contributed by atoms with van der Waals surface area (Å²) < 4.78 is 25.3. The maximum atomic E-state index is 11.4. The van der Waals surface area contributed by atoms with Crippen LogP contribution in [0.3, 0.4) is 0 Å². The lowest BCUT2D eigenvalue weighted by Crippen LogP contribution is -2.32. The molecule has 1 N–H and O–H groups in total. The molecule has 92 valence electrons. The average molecular weight is 244 g/mol. The normalized spacial score (nSPS) is 19.5. The summed E-state index contributed by atoms with van der Waals surface area (Å²) in [7, 11) is -3.42. The van der Waals surface area contributed by atoms with E-state index in [0.717, 1.165) is 18.8 Å². The van der Waals surface area contributed by atoms with E-state index in [2.05, 4.69) is 4.72 Å². The molecule has 0 radical (unpaired) electrons. The molecular weight excluding hydrogens is 224 g/mol. The molecule has 0 aromatic heterocycles. The first kappa shape index (κ1) is 13.5. The molecule has 1 saturated carbocycles. The van der Waals surface area contributed by atoms with Gasteiger partial charge in [0.2, 0.25) is 10.0 Å². The fourth-order valence-corrected chi connectivity index (χ4v) is 2.92. The van der Waals surface area contributed by atoms with Crippen LogP contribution in [0.1, 0.15) is 45.4 Å². The predicted molar refractivity (Wildman–Crippen MR) is 63.2 cm³/mol. The Bertz CT molecular complexity index is 339. The summed E-state index contributed by atoms with van der Waals surface area (Å²) in [5, 5.41) is 7.57. The van der Waals surface area contributed by atoms with Gasteiger partial charge in [-0.05, 0) is 25.7 Å². The number of rotatable bonds is 6. The summed E-state index contributed by atoms with van der Waals surface area (Å²) in [6.45, 7) is 1.87. The van der Waals surface area contributed by atoms with Gasteiger partial charge >= 0.3 is 0 Å². The van der Waals surface area contributed by atoms with Crippen molar-refractivity contribution in [3.63, 3.8) is 0 Å². The van der Waals surface area contributed by atoms with Crippen LogP contribution >= 0.6 is 0 Å². The van der Waals surface area contributed by atoms with Crippen molar-refractivity contribution in [2.24, 2.45) is 5.92 Å². The van der Waals surface area contributed by atoms with E-state index in [1.54, 1.807) is 6.07 Å². The number of nitrogens with one attached hydrogen (secondary N) is 1. The second-order valence-electron chi connectivity index (χ2n) is 4.50. The lowest BCUT2D eigenvalue weighted by molar-refractivity contribution is 0.480. The molecule has 0 aromatic carbocycles. The first-order valence-corrected chi connectivity index (χ1v) is 7.49.